The second-order valence-corrected chi connectivity index (χ2v) is 6.96. The SMILES string of the molecule is CC(C)OC(=O)C1C(C=C2CCSC2=O)C1(C)C. The lowest BCUT2D eigenvalue weighted by Gasteiger charge is -2.08. The zero-order chi connectivity index (χ0) is 13.5. The Bertz CT molecular complexity index is 409. The van der Waals surface area contributed by atoms with E-state index in [0.29, 0.717) is 0 Å². The van der Waals surface area contributed by atoms with Crippen molar-refractivity contribution in [2.45, 2.75) is 40.2 Å². The van der Waals surface area contributed by atoms with Gasteiger partial charge in [0.05, 0.1) is 12.0 Å². The van der Waals surface area contributed by atoms with Gasteiger partial charge in [-0.25, -0.2) is 0 Å². The van der Waals surface area contributed by atoms with Crippen molar-refractivity contribution in [1.82, 2.24) is 0 Å². The third-order valence-corrected chi connectivity index (χ3v) is 4.70. The van der Waals surface area contributed by atoms with Crippen molar-refractivity contribution in [3.05, 3.63) is 11.6 Å². The van der Waals surface area contributed by atoms with Gasteiger partial charge in [0.15, 0.2) is 0 Å². The second kappa shape index (κ2) is 4.72. The van der Waals surface area contributed by atoms with Crippen LogP contribution < -0.4 is 0 Å². The highest BCUT2D eigenvalue weighted by atomic mass is 32.2. The van der Waals surface area contributed by atoms with E-state index in [1.807, 2.05) is 19.9 Å². The molecule has 3 nitrogen and oxygen atoms in total. The summed E-state index contributed by atoms with van der Waals surface area (Å²) < 4.78 is 5.27. The monoisotopic (exact) mass is 268 g/mol. The topological polar surface area (TPSA) is 43.4 Å². The first-order valence-corrected chi connectivity index (χ1v) is 7.41. The second-order valence-electron chi connectivity index (χ2n) is 5.89. The Kier molecular flexibility index (Phi) is 3.58. The molecule has 1 saturated carbocycles. The summed E-state index contributed by atoms with van der Waals surface area (Å²) in [6.45, 7) is 7.84. The van der Waals surface area contributed by atoms with Gasteiger partial charge in [-0.2, -0.15) is 0 Å². The molecule has 2 atom stereocenters. The van der Waals surface area contributed by atoms with Crippen molar-refractivity contribution >= 4 is 22.8 Å². The fraction of sp³-hybridized carbons (Fsp3) is 0.714. The van der Waals surface area contributed by atoms with E-state index in [1.54, 1.807) is 0 Å². The normalized spacial score (nSPS) is 32.1. The number of carbonyl (C=O) groups excluding carboxylic acids is 2. The molecule has 2 aliphatic rings. The van der Waals surface area contributed by atoms with E-state index in [9.17, 15) is 9.59 Å². The van der Waals surface area contributed by atoms with E-state index in [0.717, 1.165) is 17.7 Å². The number of rotatable bonds is 3. The molecule has 100 valence electrons. The third kappa shape index (κ3) is 2.48. The molecule has 2 fully saturated rings. The number of hydrogen-bond donors (Lipinski definition) is 0. The van der Waals surface area contributed by atoms with Gasteiger partial charge in [-0.3, -0.25) is 9.59 Å². The standard InChI is InChI=1S/C14H20O3S/c1-8(2)17-12(15)11-10(14(11,3)4)7-9-5-6-18-13(9)16/h7-8,10-11H,5-6H2,1-4H3. The molecular formula is C14H20O3S. The van der Waals surface area contributed by atoms with Gasteiger partial charge in [0.2, 0.25) is 5.12 Å². The van der Waals surface area contributed by atoms with Crippen LogP contribution in [0.15, 0.2) is 11.6 Å². The van der Waals surface area contributed by atoms with E-state index in [4.69, 9.17) is 4.74 Å². The molecule has 2 unspecified atom stereocenters. The van der Waals surface area contributed by atoms with Crippen LogP contribution in [0.25, 0.3) is 0 Å². The highest BCUT2D eigenvalue weighted by molar-refractivity contribution is 8.14. The molecule has 0 radical (unpaired) electrons. The Labute approximate surface area is 112 Å². The average molecular weight is 268 g/mol. The third-order valence-electron chi connectivity index (χ3n) is 3.76. The van der Waals surface area contributed by atoms with Gasteiger partial charge in [0.1, 0.15) is 0 Å². The molecule has 0 N–H and O–H groups in total. The molecule has 2 rings (SSSR count). The zero-order valence-electron chi connectivity index (χ0n) is 11.4. The highest BCUT2D eigenvalue weighted by Gasteiger charge is 2.61. The summed E-state index contributed by atoms with van der Waals surface area (Å²) in [5.41, 5.74) is 0.810. The van der Waals surface area contributed by atoms with Crippen LogP contribution in [0.3, 0.4) is 0 Å². The molecule has 0 spiro atoms. The van der Waals surface area contributed by atoms with Gasteiger partial charge >= 0.3 is 5.97 Å². The number of allylic oxidation sites excluding steroid dienone is 1. The molecule has 0 aromatic rings. The number of esters is 1. The molecule has 0 bridgehead atoms. The van der Waals surface area contributed by atoms with Crippen LogP contribution in [0, 0.1) is 17.3 Å². The van der Waals surface area contributed by atoms with Crippen molar-refractivity contribution < 1.29 is 14.3 Å². The van der Waals surface area contributed by atoms with Crippen LogP contribution in [0.2, 0.25) is 0 Å². The van der Waals surface area contributed by atoms with E-state index in [1.165, 1.54) is 11.8 Å². The molecule has 0 aromatic carbocycles. The van der Waals surface area contributed by atoms with Gasteiger partial charge < -0.3 is 4.74 Å². The highest BCUT2D eigenvalue weighted by Crippen LogP contribution is 2.60. The van der Waals surface area contributed by atoms with Crippen molar-refractivity contribution in [2.75, 3.05) is 5.75 Å². The molecular weight excluding hydrogens is 248 g/mol. The lowest BCUT2D eigenvalue weighted by molar-refractivity contribution is -0.150. The Morgan fingerprint density at radius 3 is 2.67 bits per heavy atom. The molecule has 18 heavy (non-hydrogen) atoms. The Morgan fingerprint density at radius 1 is 1.50 bits per heavy atom. The van der Waals surface area contributed by atoms with Crippen LogP contribution >= 0.6 is 11.8 Å². The van der Waals surface area contributed by atoms with Gasteiger partial charge in [0.25, 0.3) is 0 Å². The smallest absolute Gasteiger partial charge is 0.310 e. The zero-order valence-corrected chi connectivity index (χ0v) is 12.2. The van der Waals surface area contributed by atoms with Crippen LogP contribution in [-0.4, -0.2) is 22.9 Å². The Hall–Kier alpha value is -0.770. The Balaban J connectivity index is 2.07. The first kappa shape index (κ1) is 13.7. The molecule has 4 heteroatoms. The van der Waals surface area contributed by atoms with Gasteiger partial charge in [-0.1, -0.05) is 31.7 Å². The summed E-state index contributed by atoms with van der Waals surface area (Å²) in [6.07, 6.45) is 2.77. The van der Waals surface area contributed by atoms with Crippen molar-refractivity contribution in [1.29, 1.82) is 0 Å². The molecule has 1 aliphatic heterocycles. The van der Waals surface area contributed by atoms with Crippen LogP contribution in [0.1, 0.15) is 34.1 Å². The molecule has 1 aliphatic carbocycles. The number of carbonyl (C=O) groups is 2. The quantitative estimate of drug-likeness (QED) is 0.583. The fourth-order valence-electron chi connectivity index (χ4n) is 2.56. The van der Waals surface area contributed by atoms with E-state index in [-0.39, 0.29) is 34.4 Å². The van der Waals surface area contributed by atoms with Crippen LogP contribution in [-0.2, 0) is 14.3 Å². The van der Waals surface area contributed by atoms with Gasteiger partial charge in [-0.15, -0.1) is 0 Å². The van der Waals surface area contributed by atoms with Crippen molar-refractivity contribution in [3.8, 4) is 0 Å². The van der Waals surface area contributed by atoms with E-state index >= 15 is 0 Å². The predicted molar refractivity (Wildman–Crippen MR) is 72.2 cm³/mol. The largest absolute Gasteiger partial charge is 0.463 e. The first-order chi connectivity index (χ1) is 8.34. The van der Waals surface area contributed by atoms with Crippen LogP contribution in [0.4, 0.5) is 0 Å². The summed E-state index contributed by atoms with van der Waals surface area (Å²) in [6, 6.07) is 0. The molecule has 0 amide bonds. The summed E-state index contributed by atoms with van der Waals surface area (Å²) in [4.78, 5) is 23.5. The minimum atomic E-state index is -0.130. The van der Waals surface area contributed by atoms with E-state index < -0.39 is 0 Å². The van der Waals surface area contributed by atoms with Gasteiger partial charge in [-0.05, 0) is 31.6 Å². The minimum Gasteiger partial charge on any atom is -0.463 e. The van der Waals surface area contributed by atoms with Crippen molar-refractivity contribution in [2.24, 2.45) is 17.3 Å². The summed E-state index contributed by atoms with van der Waals surface area (Å²) >= 11 is 1.37. The predicted octanol–water partition coefficient (Wildman–Crippen LogP) is 2.80. The average Bonchev–Trinajstić information content (AvgIpc) is 2.56. The van der Waals surface area contributed by atoms with Crippen LogP contribution in [0.5, 0.6) is 0 Å². The maximum atomic E-state index is 12.0. The lowest BCUT2D eigenvalue weighted by atomic mass is 10.1. The molecule has 1 saturated heterocycles. The number of hydrogen-bond acceptors (Lipinski definition) is 4. The fourth-order valence-corrected chi connectivity index (χ4v) is 3.42. The summed E-state index contributed by atoms with van der Waals surface area (Å²) in [5.74, 6) is 0.806. The van der Waals surface area contributed by atoms with Crippen molar-refractivity contribution in [3.63, 3.8) is 0 Å². The molecule has 0 aromatic heterocycles. The summed E-state index contributed by atoms with van der Waals surface area (Å²) in [5, 5.41) is 0.175. The summed E-state index contributed by atoms with van der Waals surface area (Å²) in [7, 11) is 0. The first-order valence-electron chi connectivity index (χ1n) is 6.42. The maximum Gasteiger partial charge on any atom is 0.310 e. The van der Waals surface area contributed by atoms with E-state index in [2.05, 4.69) is 13.8 Å². The maximum absolute atomic E-state index is 12.0. The number of thioether (sulfide) groups is 1. The minimum absolute atomic E-state index is 0.0769. The molecule has 1 heterocycles. The Morgan fingerprint density at radius 2 is 2.17 bits per heavy atom. The van der Waals surface area contributed by atoms with Gasteiger partial charge in [0, 0.05) is 11.3 Å². The lowest BCUT2D eigenvalue weighted by Crippen LogP contribution is -2.15. The number of ether oxygens (including phenoxy) is 1.